The Bertz CT molecular complexity index is 5060. The second-order valence-corrected chi connectivity index (χ2v) is 32.8. The van der Waals surface area contributed by atoms with Crippen molar-refractivity contribution in [2.75, 3.05) is 79.3 Å². The minimum Gasteiger partial charge on any atom is -0.494 e. The van der Waals surface area contributed by atoms with Crippen LogP contribution in [0.15, 0.2) is 258 Å². The van der Waals surface area contributed by atoms with Crippen LogP contribution in [-0.2, 0) is 57.2 Å². The Labute approximate surface area is 836 Å². The SMILES string of the molecule is C=CC(=O)OCCCCCCOc1ccc(C(=O)Oc2cc3c4cc(OC(=O)c5ccc(OCCCCCCOC(=O)C=C)cc5)c(OC(=O)c5ccc(OCCCCCCOC(=O)C=C)cc5)cc4c4cc(OC(=O)c5ccc(OCCCCCCOC(=O)C=C)cc5)c(OC(=O)c5ccc(OCCCCCCOC(=O)C=C)cc5)cc4c3cc2OC(=O)c2ccc(OCCCCCCOC(=O)C=C)cc2)cc1. The van der Waals surface area contributed by atoms with Gasteiger partial charge in [-0.1, -0.05) is 39.5 Å². The normalized spacial score (nSPS) is 10.8. The molecule has 0 bridgehead atoms. The lowest BCUT2D eigenvalue weighted by Crippen LogP contribution is -2.14. The molecule has 0 amide bonds. The lowest BCUT2D eigenvalue weighted by Gasteiger charge is -2.19. The van der Waals surface area contributed by atoms with Gasteiger partial charge in [0.1, 0.15) is 34.5 Å². The summed E-state index contributed by atoms with van der Waals surface area (Å²) < 4.78 is 105. The first kappa shape index (κ1) is 110. The fourth-order valence-electron chi connectivity index (χ4n) is 14.4. The van der Waals surface area contributed by atoms with Crippen molar-refractivity contribution in [2.24, 2.45) is 0 Å². The summed E-state index contributed by atoms with van der Waals surface area (Å²) in [7, 11) is 0. The average Bonchev–Trinajstić information content (AvgIpc) is 0.720. The molecule has 10 rings (SSSR count). The molecule has 0 atom stereocenters. The standard InChI is InChI=1S/C114H120O30/c1-7-103(115)133-67-31-19-13-25-61-127-85-49-37-79(38-50-85)109(121)139-97-73-91-92(74-98(97)140-110(122)80-39-51-86(52-40-80)128-62-26-14-20-32-68-134-104(116)8-2)94-76-100(142-112(124)82-43-55-88(56-44-82)130-64-28-16-22-34-70-136-106(118)10-4)102(144-114(126)84-47-59-90(60-48-84)132-66-30-18-24-36-72-138-108(120)12-6)78-96(94)95-77-101(143-113(125)83-45-57-89(58-46-83)131-65-29-17-23-35-71-137-107(119)11-5)99(75-93(91)95)141-111(123)81-41-53-87(54-42-81)129-63-27-15-21-33-69-135-105(117)9-3/h7-12,37-60,73-78H,1-6,13-36,61-72H2. The number of hydrogen-bond donors (Lipinski definition) is 0. The van der Waals surface area contributed by atoms with Gasteiger partial charge in [0.05, 0.1) is 113 Å². The third-order valence-electron chi connectivity index (χ3n) is 22.2. The first-order valence-corrected chi connectivity index (χ1v) is 48.1. The van der Waals surface area contributed by atoms with Crippen molar-refractivity contribution in [2.45, 2.75) is 154 Å². The smallest absolute Gasteiger partial charge is 0.343 e. The Hall–Kier alpha value is -16.1. The summed E-state index contributed by atoms with van der Waals surface area (Å²) in [4.78, 5) is 159. The van der Waals surface area contributed by atoms with E-state index in [1.54, 1.807) is 72.8 Å². The molecule has 144 heavy (non-hydrogen) atoms. The molecule has 0 radical (unpaired) electrons. The van der Waals surface area contributed by atoms with E-state index in [1.807, 2.05) is 0 Å². The molecule has 10 aromatic carbocycles. The Balaban J connectivity index is 1.10. The van der Waals surface area contributed by atoms with Gasteiger partial charge in [0.2, 0.25) is 0 Å². The number of carbonyl (C=O) groups is 12. The van der Waals surface area contributed by atoms with E-state index < -0.39 is 71.6 Å². The number of esters is 12. The van der Waals surface area contributed by atoms with Crippen LogP contribution < -0.4 is 56.8 Å². The van der Waals surface area contributed by atoms with Gasteiger partial charge in [-0.3, -0.25) is 0 Å². The lowest BCUT2D eigenvalue weighted by molar-refractivity contribution is -0.138. The van der Waals surface area contributed by atoms with Gasteiger partial charge in [0.25, 0.3) is 0 Å². The number of ether oxygens (including phenoxy) is 18. The highest BCUT2D eigenvalue weighted by atomic mass is 16.6. The molecule has 0 spiro atoms. The monoisotopic (exact) mass is 1970 g/mol. The third-order valence-corrected chi connectivity index (χ3v) is 22.2. The van der Waals surface area contributed by atoms with Gasteiger partial charge in [-0.2, -0.15) is 0 Å². The van der Waals surface area contributed by atoms with Gasteiger partial charge in [-0.15, -0.1) is 0 Å². The van der Waals surface area contributed by atoms with E-state index in [-0.39, 0.29) is 140 Å². The average molecular weight is 1970 g/mol. The molecule has 0 saturated heterocycles. The van der Waals surface area contributed by atoms with Crippen LogP contribution >= 0.6 is 0 Å². The van der Waals surface area contributed by atoms with Crippen molar-refractivity contribution in [1.82, 2.24) is 0 Å². The summed E-state index contributed by atoms with van der Waals surface area (Å²) in [5, 5.41) is 0.984. The molecule has 30 nitrogen and oxygen atoms in total. The highest BCUT2D eigenvalue weighted by molar-refractivity contribution is 6.27. The molecule has 0 aromatic heterocycles. The van der Waals surface area contributed by atoms with Crippen LogP contribution in [0.1, 0.15) is 216 Å². The van der Waals surface area contributed by atoms with Crippen molar-refractivity contribution in [3.63, 3.8) is 0 Å². The molecule has 0 heterocycles. The van der Waals surface area contributed by atoms with E-state index in [4.69, 9.17) is 85.3 Å². The van der Waals surface area contributed by atoms with E-state index in [1.165, 1.54) is 109 Å². The summed E-state index contributed by atoms with van der Waals surface area (Å²) in [5.74, 6) is -8.12. The Morgan fingerprint density at radius 3 is 0.403 bits per heavy atom. The Morgan fingerprint density at radius 1 is 0.167 bits per heavy atom. The zero-order chi connectivity index (χ0) is 102. The molecule has 0 fully saturated rings. The van der Waals surface area contributed by atoms with Crippen LogP contribution in [0, 0.1) is 0 Å². The maximum Gasteiger partial charge on any atom is 0.343 e. The molecule has 756 valence electrons. The highest BCUT2D eigenvalue weighted by Crippen LogP contribution is 2.49. The maximum absolute atomic E-state index is 15.0. The number of carbonyl (C=O) groups excluding carboxylic acids is 12. The second-order valence-electron chi connectivity index (χ2n) is 32.8. The molecule has 0 N–H and O–H groups in total. The second kappa shape index (κ2) is 60.8. The maximum atomic E-state index is 15.0. The van der Waals surface area contributed by atoms with Gasteiger partial charge in [0, 0.05) is 36.5 Å². The first-order chi connectivity index (χ1) is 70.1. The van der Waals surface area contributed by atoms with E-state index in [2.05, 4.69) is 39.5 Å². The summed E-state index contributed by atoms with van der Waals surface area (Å²) in [6, 6.07) is 45.4. The Kier molecular flexibility index (Phi) is 46.4. The molecular formula is C114H120O30. The number of unbranched alkanes of at least 4 members (excludes halogenated alkanes) is 18. The summed E-state index contributed by atoms with van der Waals surface area (Å²) in [6.07, 6.45) is 23.7. The molecule has 0 aliphatic heterocycles. The number of hydrogen-bond acceptors (Lipinski definition) is 30. The number of fused-ring (bicyclic) bond motifs is 6. The predicted molar refractivity (Wildman–Crippen MR) is 538 cm³/mol. The molecule has 0 saturated carbocycles. The largest absolute Gasteiger partial charge is 0.494 e. The first-order valence-electron chi connectivity index (χ1n) is 48.1. The van der Waals surface area contributed by atoms with E-state index in [9.17, 15) is 28.8 Å². The van der Waals surface area contributed by atoms with Crippen LogP contribution in [-0.4, -0.2) is 151 Å². The molecule has 0 aliphatic carbocycles. The van der Waals surface area contributed by atoms with Crippen molar-refractivity contribution >= 4 is 104 Å². The predicted octanol–water partition coefficient (Wildman–Crippen LogP) is 22.5. The van der Waals surface area contributed by atoms with Gasteiger partial charge in [0.15, 0.2) is 34.5 Å². The molecular weight excluding hydrogens is 1850 g/mol. The zero-order valence-corrected chi connectivity index (χ0v) is 80.7. The van der Waals surface area contributed by atoms with Gasteiger partial charge < -0.3 is 85.3 Å². The zero-order valence-electron chi connectivity index (χ0n) is 80.7. The van der Waals surface area contributed by atoms with Crippen LogP contribution in [0.25, 0.3) is 32.3 Å². The molecule has 0 unspecified atom stereocenters. The topological polar surface area (TPSA) is 371 Å². The van der Waals surface area contributed by atoms with Crippen molar-refractivity contribution in [3.8, 4) is 69.0 Å². The van der Waals surface area contributed by atoms with Crippen molar-refractivity contribution in [1.29, 1.82) is 0 Å². The van der Waals surface area contributed by atoms with E-state index in [0.29, 0.717) is 151 Å². The van der Waals surface area contributed by atoms with Gasteiger partial charge in [-0.05, 0) is 368 Å². The highest BCUT2D eigenvalue weighted by Gasteiger charge is 2.28. The molecule has 0 aliphatic rings. The summed E-state index contributed by atoms with van der Waals surface area (Å²) in [6.45, 7) is 24.0. The van der Waals surface area contributed by atoms with E-state index in [0.717, 1.165) is 114 Å². The fraction of sp³-hybridized carbons (Fsp3) is 0.316. The van der Waals surface area contributed by atoms with Gasteiger partial charge in [-0.25, -0.2) is 57.5 Å². The Morgan fingerprint density at radius 2 is 0.285 bits per heavy atom. The van der Waals surface area contributed by atoms with Crippen LogP contribution in [0.3, 0.4) is 0 Å². The fourth-order valence-corrected chi connectivity index (χ4v) is 14.4. The number of rotatable bonds is 66. The molecule has 30 heteroatoms. The minimum atomic E-state index is -0.940. The van der Waals surface area contributed by atoms with Crippen LogP contribution in [0.2, 0.25) is 0 Å². The van der Waals surface area contributed by atoms with Gasteiger partial charge >= 0.3 is 71.6 Å². The third kappa shape index (κ3) is 37.1. The summed E-state index contributed by atoms with van der Waals surface area (Å²) >= 11 is 0. The van der Waals surface area contributed by atoms with Crippen LogP contribution in [0.5, 0.6) is 69.0 Å². The minimum absolute atomic E-state index is 0.0230. The lowest BCUT2D eigenvalue weighted by atomic mass is 9.93. The van der Waals surface area contributed by atoms with Crippen LogP contribution in [0.4, 0.5) is 0 Å². The van der Waals surface area contributed by atoms with E-state index >= 15 is 28.8 Å². The number of benzene rings is 10. The van der Waals surface area contributed by atoms with Crippen molar-refractivity contribution in [3.05, 3.63) is 291 Å². The molecule has 10 aromatic rings. The van der Waals surface area contributed by atoms with Crippen molar-refractivity contribution < 1.29 is 143 Å². The quantitative estimate of drug-likeness (QED) is 0.00853. The summed E-state index contributed by atoms with van der Waals surface area (Å²) in [5.41, 5.74) is 0.138.